The molecule has 0 atom stereocenters. The smallest absolute Gasteiger partial charge is 2.00 e. The molecular formula is GaIrO3. The second-order valence-electron chi connectivity index (χ2n) is 0. The van der Waals surface area contributed by atoms with Crippen LogP contribution in [0.5, 0.6) is 0 Å². The summed E-state index contributed by atoms with van der Waals surface area (Å²) in [4.78, 5) is 0. The van der Waals surface area contributed by atoms with Crippen LogP contribution in [0, 0.1) is 0 Å². The van der Waals surface area contributed by atoms with Crippen molar-refractivity contribution in [3.05, 3.63) is 0 Å². The zero-order valence-corrected chi connectivity index (χ0v) is 6.95. The summed E-state index contributed by atoms with van der Waals surface area (Å²) in [6.07, 6.45) is 0. The third kappa shape index (κ3) is 38.1. The van der Waals surface area contributed by atoms with Gasteiger partial charge in [-0.2, -0.15) is 0 Å². The Morgan fingerprint density at radius 2 is 0.600 bits per heavy atom. The Labute approximate surface area is 56.5 Å². The molecule has 5 heteroatoms. The molecular weight excluding hydrogens is 310 g/mol. The van der Waals surface area contributed by atoms with E-state index in [1.54, 1.807) is 0 Å². The molecule has 0 saturated carbocycles. The van der Waals surface area contributed by atoms with Crippen molar-refractivity contribution in [2.24, 2.45) is 0 Å². The van der Waals surface area contributed by atoms with Gasteiger partial charge in [0.05, 0.1) is 0 Å². The summed E-state index contributed by atoms with van der Waals surface area (Å²) in [6, 6.07) is 0. The van der Waals surface area contributed by atoms with Crippen LogP contribution in [0.15, 0.2) is 0 Å². The second-order valence-corrected chi connectivity index (χ2v) is 0. The van der Waals surface area contributed by atoms with Crippen LogP contribution in [0.1, 0.15) is 0 Å². The van der Waals surface area contributed by atoms with E-state index in [1.165, 1.54) is 0 Å². The molecule has 0 fully saturated rings. The van der Waals surface area contributed by atoms with E-state index in [0.29, 0.717) is 0 Å². The van der Waals surface area contributed by atoms with Crippen LogP contribution in [0.4, 0.5) is 0 Å². The van der Waals surface area contributed by atoms with Crippen LogP contribution in [0.3, 0.4) is 0 Å². The summed E-state index contributed by atoms with van der Waals surface area (Å²) in [5.74, 6) is 0. The van der Waals surface area contributed by atoms with E-state index in [-0.39, 0.29) is 56.3 Å². The van der Waals surface area contributed by atoms with Crippen molar-refractivity contribution in [2.45, 2.75) is 0 Å². The van der Waals surface area contributed by atoms with E-state index in [0.717, 1.165) is 0 Å². The van der Waals surface area contributed by atoms with Crippen molar-refractivity contribution in [1.29, 1.82) is 0 Å². The summed E-state index contributed by atoms with van der Waals surface area (Å²) in [5, 5.41) is 0. The van der Waals surface area contributed by atoms with Crippen LogP contribution in [-0.4, -0.2) is 19.8 Å². The van der Waals surface area contributed by atoms with E-state index in [9.17, 15) is 0 Å². The molecule has 0 aromatic rings. The van der Waals surface area contributed by atoms with E-state index in [2.05, 4.69) is 0 Å². The summed E-state index contributed by atoms with van der Waals surface area (Å²) in [5.41, 5.74) is 0. The van der Waals surface area contributed by atoms with Crippen molar-refractivity contribution in [1.82, 2.24) is 0 Å². The molecule has 0 N–H and O–H groups in total. The van der Waals surface area contributed by atoms with Gasteiger partial charge in [0.1, 0.15) is 0 Å². The molecule has 0 heterocycles. The number of hydrogen-bond donors (Lipinski definition) is 0. The zero-order valence-electron chi connectivity index (χ0n) is 2.14. The fraction of sp³-hybridized carbons (Fsp3) is 0. The van der Waals surface area contributed by atoms with Crippen LogP contribution >= 0.6 is 0 Å². The Balaban J connectivity index is 0. The normalized spacial score (nSPS) is 0. The molecule has 0 rings (SSSR count). The molecule has 0 spiro atoms. The standard InChI is InChI=1S/Ga.Ir.3O/q2*+3;3*-2. The Kier molecular flexibility index (Phi) is 1600. The first-order valence-corrected chi connectivity index (χ1v) is 0. The minimum Gasteiger partial charge on any atom is -2.00 e. The van der Waals surface area contributed by atoms with Gasteiger partial charge in [-0.25, -0.2) is 0 Å². The van der Waals surface area contributed by atoms with Crippen LogP contribution in [0.2, 0.25) is 0 Å². The van der Waals surface area contributed by atoms with Gasteiger partial charge in [-0.05, 0) is 0 Å². The molecule has 0 aliphatic heterocycles. The Morgan fingerprint density at radius 1 is 0.600 bits per heavy atom. The van der Waals surface area contributed by atoms with Gasteiger partial charge in [-0.15, -0.1) is 0 Å². The van der Waals surface area contributed by atoms with Gasteiger partial charge in [0.2, 0.25) is 0 Å². The second kappa shape index (κ2) is 66.0. The van der Waals surface area contributed by atoms with Crippen LogP contribution in [0.25, 0.3) is 0 Å². The fourth-order valence-electron chi connectivity index (χ4n) is 0. The Bertz CT molecular complexity index is 6.85. The molecule has 0 saturated heterocycles. The van der Waals surface area contributed by atoms with E-state index >= 15 is 0 Å². The first-order chi connectivity index (χ1) is 0. The molecule has 0 aliphatic carbocycles. The largest absolute Gasteiger partial charge is 3.00 e. The monoisotopic (exact) mass is 310 g/mol. The summed E-state index contributed by atoms with van der Waals surface area (Å²) in [7, 11) is 0. The molecule has 0 aromatic heterocycles. The van der Waals surface area contributed by atoms with Gasteiger partial charge in [0.15, 0.2) is 0 Å². The first-order valence-electron chi connectivity index (χ1n) is 0. The van der Waals surface area contributed by atoms with Crippen molar-refractivity contribution in [3.63, 3.8) is 0 Å². The molecule has 0 bridgehead atoms. The molecule has 0 aromatic carbocycles. The SMILES string of the molecule is [Ga+3].[Ir+3].[O-2].[O-2].[O-2]. The maximum absolute atomic E-state index is 0. The average molecular weight is 310 g/mol. The van der Waals surface area contributed by atoms with Gasteiger partial charge in [-0.3, -0.25) is 0 Å². The Hall–Kier alpha value is 1.17. The first kappa shape index (κ1) is 121. The van der Waals surface area contributed by atoms with Gasteiger partial charge in [0, 0.05) is 0 Å². The third-order valence-corrected chi connectivity index (χ3v) is 0. The average Bonchev–Trinajstić information content (AvgIpc) is 0. The van der Waals surface area contributed by atoms with Crippen molar-refractivity contribution in [2.75, 3.05) is 0 Å². The Morgan fingerprint density at radius 3 is 0.600 bits per heavy atom. The predicted octanol–water partition coefficient (Wildman–Crippen LogP) is -0.740. The van der Waals surface area contributed by atoms with Crippen molar-refractivity contribution in [3.8, 4) is 0 Å². The molecule has 3 nitrogen and oxygen atoms in total. The summed E-state index contributed by atoms with van der Waals surface area (Å²) >= 11 is 0. The molecule has 0 aliphatic rings. The minimum atomic E-state index is 0. The maximum atomic E-state index is 0. The molecule has 0 unspecified atom stereocenters. The van der Waals surface area contributed by atoms with Gasteiger partial charge >= 0.3 is 39.9 Å². The number of rotatable bonds is 0. The van der Waals surface area contributed by atoms with Gasteiger partial charge < -0.3 is 16.4 Å². The van der Waals surface area contributed by atoms with Crippen LogP contribution < -0.4 is 0 Å². The quantitative estimate of drug-likeness (QED) is 0.528. The van der Waals surface area contributed by atoms with Crippen molar-refractivity contribution < 1.29 is 36.5 Å². The zero-order chi connectivity index (χ0) is 0. The van der Waals surface area contributed by atoms with Gasteiger partial charge in [0.25, 0.3) is 0 Å². The van der Waals surface area contributed by atoms with E-state index in [1.807, 2.05) is 0 Å². The third-order valence-electron chi connectivity index (χ3n) is 0. The topological polar surface area (TPSA) is 85.5 Å². The van der Waals surface area contributed by atoms with E-state index < -0.39 is 0 Å². The molecule has 0 radical (unpaired) electrons. The number of hydrogen-bond acceptors (Lipinski definition) is 0. The summed E-state index contributed by atoms with van der Waals surface area (Å²) in [6.45, 7) is 0. The van der Waals surface area contributed by atoms with Gasteiger partial charge in [-0.1, -0.05) is 0 Å². The predicted molar refractivity (Wildman–Crippen MR) is 7.81 cm³/mol. The van der Waals surface area contributed by atoms with Crippen LogP contribution in [-0.2, 0) is 36.5 Å². The summed E-state index contributed by atoms with van der Waals surface area (Å²) < 4.78 is 0. The van der Waals surface area contributed by atoms with E-state index in [4.69, 9.17) is 0 Å². The fourth-order valence-corrected chi connectivity index (χ4v) is 0. The molecule has 5 heavy (non-hydrogen) atoms. The minimum absolute atomic E-state index is 0. The molecule has 0 amide bonds. The maximum Gasteiger partial charge on any atom is 3.00 e. The van der Waals surface area contributed by atoms with Crippen molar-refractivity contribution >= 4 is 19.8 Å². The molecule has 30 valence electrons.